The summed E-state index contributed by atoms with van der Waals surface area (Å²) in [6, 6.07) is 63.8. The van der Waals surface area contributed by atoms with Crippen LogP contribution in [0.4, 0.5) is 0 Å². The topological polar surface area (TPSA) is 18.1 Å². The minimum atomic E-state index is 0.909. The van der Waals surface area contributed by atoms with Crippen LogP contribution in [0.1, 0.15) is 0 Å². The lowest BCUT2D eigenvalue weighted by atomic mass is 9.85. The first-order chi connectivity index (χ1) is 24.8. The summed E-state index contributed by atoms with van der Waals surface area (Å²) in [6.45, 7) is 0. The fourth-order valence-corrected chi connectivity index (χ4v) is 8.45. The molecular weight excluding hydrogens is 607 g/mol. The molecule has 9 aromatic carbocycles. The number of nitrogens with zero attached hydrogens (tertiary/aromatic N) is 1. The van der Waals surface area contributed by atoms with Gasteiger partial charge >= 0.3 is 0 Å². The van der Waals surface area contributed by atoms with E-state index in [1.165, 1.54) is 81.8 Å². The van der Waals surface area contributed by atoms with Crippen LogP contribution < -0.4 is 0 Å². The van der Waals surface area contributed by atoms with Crippen molar-refractivity contribution in [2.45, 2.75) is 0 Å². The third-order valence-electron chi connectivity index (χ3n) is 10.6. The molecule has 0 radical (unpaired) electrons. The molecule has 2 aromatic heterocycles. The normalized spacial score (nSPS) is 12.0. The van der Waals surface area contributed by atoms with Gasteiger partial charge in [0.15, 0.2) is 0 Å². The summed E-state index contributed by atoms with van der Waals surface area (Å²) in [4.78, 5) is 0. The zero-order chi connectivity index (χ0) is 32.8. The average Bonchev–Trinajstić information content (AvgIpc) is 3.73. The third-order valence-corrected chi connectivity index (χ3v) is 10.6. The summed E-state index contributed by atoms with van der Waals surface area (Å²) in [7, 11) is 0. The minimum absolute atomic E-state index is 0.909. The Balaban J connectivity index is 1.18. The molecule has 2 nitrogen and oxygen atoms in total. The highest BCUT2D eigenvalue weighted by molar-refractivity contribution is 6.24. The molecule has 232 valence electrons. The Kier molecular flexibility index (Phi) is 5.70. The molecule has 0 N–H and O–H groups in total. The molecule has 2 heterocycles. The predicted molar refractivity (Wildman–Crippen MR) is 211 cm³/mol. The first-order valence-electron chi connectivity index (χ1n) is 17.2. The SMILES string of the molecule is c1cc(-c2c3ccccc3c(-c3ccc4oc5ccc6ccccc6c5c4c3)c3ccccc23)cc(-n2c3ccccc3c3ccccc32)c1. The average molecular weight is 636 g/mol. The first kappa shape index (κ1) is 27.3. The maximum atomic E-state index is 6.40. The zero-order valence-corrected chi connectivity index (χ0v) is 27.1. The Hall–Kier alpha value is -6.64. The number of aromatic nitrogens is 1. The molecule has 11 rings (SSSR count). The summed E-state index contributed by atoms with van der Waals surface area (Å²) < 4.78 is 8.80. The number of rotatable bonds is 3. The van der Waals surface area contributed by atoms with Gasteiger partial charge in [-0.1, -0.05) is 133 Å². The third kappa shape index (κ3) is 3.85. The number of furan rings is 1. The molecule has 0 amide bonds. The summed E-state index contributed by atoms with van der Waals surface area (Å²) in [5.74, 6) is 0. The monoisotopic (exact) mass is 635 g/mol. The summed E-state index contributed by atoms with van der Waals surface area (Å²) in [6.07, 6.45) is 0. The van der Waals surface area contributed by atoms with Crippen molar-refractivity contribution in [3.05, 3.63) is 176 Å². The Bertz CT molecular complexity index is 3050. The van der Waals surface area contributed by atoms with Gasteiger partial charge in [-0.05, 0) is 97.0 Å². The van der Waals surface area contributed by atoms with Gasteiger partial charge < -0.3 is 8.98 Å². The number of para-hydroxylation sites is 2. The van der Waals surface area contributed by atoms with Gasteiger partial charge in [0.05, 0.1) is 11.0 Å². The molecule has 0 unspecified atom stereocenters. The predicted octanol–water partition coefficient (Wildman–Crippen LogP) is 13.5. The largest absolute Gasteiger partial charge is 0.456 e. The van der Waals surface area contributed by atoms with E-state index >= 15 is 0 Å². The van der Waals surface area contributed by atoms with E-state index in [2.05, 4.69) is 180 Å². The van der Waals surface area contributed by atoms with Crippen molar-refractivity contribution < 1.29 is 4.42 Å². The van der Waals surface area contributed by atoms with Crippen LogP contribution in [0.2, 0.25) is 0 Å². The van der Waals surface area contributed by atoms with E-state index in [0.717, 1.165) is 22.2 Å². The van der Waals surface area contributed by atoms with E-state index in [0.29, 0.717) is 0 Å². The molecule has 0 aliphatic heterocycles. The van der Waals surface area contributed by atoms with Crippen molar-refractivity contribution in [1.29, 1.82) is 0 Å². The van der Waals surface area contributed by atoms with Gasteiger partial charge in [0, 0.05) is 27.2 Å². The summed E-state index contributed by atoms with van der Waals surface area (Å²) in [5, 5.41) is 12.2. The van der Waals surface area contributed by atoms with E-state index < -0.39 is 0 Å². The van der Waals surface area contributed by atoms with E-state index in [1.54, 1.807) is 0 Å². The van der Waals surface area contributed by atoms with Gasteiger partial charge in [-0.2, -0.15) is 0 Å². The lowest BCUT2D eigenvalue weighted by molar-refractivity contribution is 0.669. The number of fused-ring (bicyclic) bond motifs is 10. The highest BCUT2D eigenvalue weighted by Crippen LogP contribution is 2.46. The molecular formula is C48H29NO. The molecule has 0 saturated carbocycles. The van der Waals surface area contributed by atoms with Gasteiger partial charge in [0.25, 0.3) is 0 Å². The minimum Gasteiger partial charge on any atom is -0.456 e. The summed E-state index contributed by atoms with van der Waals surface area (Å²) in [5.41, 5.74) is 10.3. The number of benzene rings is 9. The van der Waals surface area contributed by atoms with Crippen LogP contribution in [0.5, 0.6) is 0 Å². The number of hydrogen-bond donors (Lipinski definition) is 0. The van der Waals surface area contributed by atoms with Crippen LogP contribution in [-0.2, 0) is 0 Å². The molecule has 0 atom stereocenters. The van der Waals surface area contributed by atoms with Crippen LogP contribution in [0.3, 0.4) is 0 Å². The van der Waals surface area contributed by atoms with Crippen molar-refractivity contribution in [3.8, 4) is 27.9 Å². The van der Waals surface area contributed by atoms with Gasteiger partial charge in [0.2, 0.25) is 0 Å². The van der Waals surface area contributed by atoms with Gasteiger partial charge in [0.1, 0.15) is 11.2 Å². The Morgan fingerprint density at radius 2 is 0.860 bits per heavy atom. The fourth-order valence-electron chi connectivity index (χ4n) is 8.45. The quantitative estimate of drug-likeness (QED) is 0.177. The standard InChI is InChI=1S/C48H29NO/c1-2-15-34-30(12-1)24-27-45-48(34)41-29-32(25-26-44(41)50-45)47-39-20-5-3-18-37(39)46(38-19-4-6-21-40(38)47)31-13-11-14-33(28-31)49-42-22-9-7-16-35(42)36-17-8-10-23-43(36)49/h1-29H. The lowest BCUT2D eigenvalue weighted by Gasteiger charge is -2.18. The number of hydrogen-bond acceptors (Lipinski definition) is 1. The van der Waals surface area contributed by atoms with Crippen molar-refractivity contribution >= 4 is 76.1 Å². The second kappa shape index (κ2) is 10.4. The van der Waals surface area contributed by atoms with Crippen LogP contribution in [0, 0.1) is 0 Å². The molecule has 11 aromatic rings. The van der Waals surface area contributed by atoms with Crippen LogP contribution in [-0.4, -0.2) is 4.57 Å². The highest BCUT2D eigenvalue weighted by Gasteiger charge is 2.19. The van der Waals surface area contributed by atoms with Crippen LogP contribution >= 0.6 is 0 Å². The maximum absolute atomic E-state index is 6.40. The fraction of sp³-hybridized carbons (Fsp3) is 0. The van der Waals surface area contributed by atoms with Gasteiger partial charge in [-0.3, -0.25) is 0 Å². The van der Waals surface area contributed by atoms with E-state index in [9.17, 15) is 0 Å². The maximum Gasteiger partial charge on any atom is 0.136 e. The summed E-state index contributed by atoms with van der Waals surface area (Å²) >= 11 is 0. The second-order valence-corrected chi connectivity index (χ2v) is 13.2. The van der Waals surface area contributed by atoms with Crippen LogP contribution in [0.15, 0.2) is 180 Å². The molecule has 0 aliphatic rings. The van der Waals surface area contributed by atoms with E-state index in [4.69, 9.17) is 4.42 Å². The molecule has 50 heavy (non-hydrogen) atoms. The van der Waals surface area contributed by atoms with E-state index in [-0.39, 0.29) is 0 Å². The zero-order valence-electron chi connectivity index (χ0n) is 27.1. The van der Waals surface area contributed by atoms with Gasteiger partial charge in [-0.15, -0.1) is 0 Å². The Labute approximate surface area is 288 Å². The molecule has 0 saturated heterocycles. The lowest BCUT2D eigenvalue weighted by Crippen LogP contribution is -1.95. The molecule has 0 bridgehead atoms. The first-order valence-corrected chi connectivity index (χ1v) is 17.2. The highest BCUT2D eigenvalue weighted by atomic mass is 16.3. The van der Waals surface area contributed by atoms with Crippen LogP contribution in [0.25, 0.3) is 104 Å². The van der Waals surface area contributed by atoms with Crippen molar-refractivity contribution in [3.63, 3.8) is 0 Å². The molecule has 2 heteroatoms. The van der Waals surface area contributed by atoms with E-state index in [1.807, 2.05) is 0 Å². The van der Waals surface area contributed by atoms with Crippen molar-refractivity contribution in [1.82, 2.24) is 4.57 Å². The molecule has 0 aliphatic carbocycles. The van der Waals surface area contributed by atoms with Gasteiger partial charge in [-0.25, -0.2) is 0 Å². The second-order valence-electron chi connectivity index (χ2n) is 13.2. The smallest absolute Gasteiger partial charge is 0.136 e. The Morgan fingerprint density at radius 1 is 0.340 bits per heavy atom. The van der Waals surface area contributed by atoms with Crippen molar-refractivity contribution in [2.24, 2.45) is 0 Å². The van der Waals surface area contributed by atoms with Crippen molar-refractivity contribution in [2.75, 3.05) is 0 Å². The molecule has 0 spiro atoms. The molecule has 0 fully saturated rings. The Morgan fingerprint density at radius 3 is 1.50 bits per heavy atom.